The summed E-state index contributed by atoms with van der Waals surface area (Å²) in [5.74, 6) is 1.06. The number of urea groups is 1. The standard InChI is InChI=1S/C32H37BrN4O3/c1-40-28-13-11-27(12-14-28)34-31(39)35-29(25-5-3-2-4-6-25)15-19-36-20-16-32(17-21-36)18-22-37(30(32)38)23-24-7-9-26(33)10-8-24/h2-14,29H,15-23H2,1H3,(H2,34,35,39). The van der Waals surface area contributed by atoms with Crippen LogP contribution in [0.1, 0.15) is 42.9 Å². The van der Waals surface area contributed by atoms with Crippen molar-refractivity contribution in [3.05, 3.63) is 94.5 Å². The van der Waals surface area contributed by atoms with Crippen molar-refractivity contribution in [3.8, 4) is 5.75 Å². The lowest BCUT2D eigenvalue weighted by atomic mass is 9.77. The maximum atomic E-state index is 13.5. The smallest absolute Gasteiger partial charge is 0.319 e. The summed E-state index contributed by atoms with van der Waals surface area (Å²) in [6.07, 6.45) is 3.51. The third kappa shape index (κ3) is 6.85. The third-order valence-corrected chi connectivity index (χ3v) is 8.82. The van der Waals surface area contributed by atoms with E-state index in [0.717, 1.165) is 67.6 Å². The van der Waals surface area contributed by atoms with Crippen LogP contribution in [0.3, 0.4) is 0 Å². The highest BCUT2D eigenvalue weighted by Gasteiger charge is 2.47. The number of rotatable bonds is 9. The number of nitrogens with zero attached hydrogens (tertiary/aromatic N) is 2. The number of methoxy groups -OCH3 is 1. The van der Waals surface area contributed by atoms with Crippen LogP contribution in [0.25, 0.3) is 0 Å². The molecule has 7 nitrogen and oxygen atoms in total. The van der Waals surface area contributed by atoms with E-state index >= 15 is 0 Å². The summed E-state index contributed by atoms with van der Waals surface area (Å²) in [5.41, 5.74) is 2.74. The lowest BCUT2D eigenvalue weighted by Crippen LogP contribution is -2.45. The predicted octanol–water partition coefficient (Wildman–Crippen LogP) is 6.23. The monoisotopic (exact) mass is 604 g/mol. The molecule has 0 aliphatic carbocycles. The molecular formula is C32H37BrN4O3. The maximum absolute atomic E-state index is 13.5. The first-order valence-electron chi connectivity index (χ1n) is 14.0. The van der Waals surface area contributed by atoms with Crippen molar-refractivity contribution in [2.24, 2.45) is 5.41 Å². The fourth-order valence-electron chi connectivity index (χ4n) is 5.84. The first-order chi connectivity index (χ1) is 19.4. The van der Waals surface area contributed by atoms with E-state index in [0.29, 0.717) is 18.1 Å². The van der Waals surface area contributed by atoms with Gasteiger partial charge in [-0.3, -0.25) is 4.79 Å². The van der Waals surface area contributed by atoms with Crippen molar-refractivity contribution in [3.63, 3.8) is 0 Å². The van der Waals surface area contributed by atoms with E-state index in [1.165, 1.54) is 5.56 Å². The summed E-state index contributed by atoms with van der Waals surface area (Å²) in [6, 6.07) is 25.3. The van der Waals surface area contributed by atoms with Crippen LogP contribution in [-0.2, 0) is 11.3 Å². The molecule has 1 atom stereocenters. The Bertz CT molecular complexity index is 1280. The van der Waals surface area contributed by atoms with Crippen molar-refractivity contribution in [1.29, 1.82) is 0 Å². The van der Waals surface area contributed by atoms with Crippen molar-refractivity contribution >= 4 is 33.6 Å². The Morgan fingerprint density at radius 3 is 2.30 bits per heavy atom. The third-order valence-electron chi connectivity index (χ3n) is 8.29. The Labute approximate surface area is 245 Å². The Morgan fingerprint density at radius 1 is 0.950 bits per heavy atom. The van der Waals surface area contributed by atoms with Gasteiger partial charge in [0.1, 0.15) is 5.75 Å². The first kappa shape index (κ1) is 28.2. The molecule has 2 saturated heterocycles. The summed E-state index contributed by atoms with van der Waals surface area (Å²) < 4.78 is 6.25. The predicted molar refractivity (Wildman–Crippen MR) is 161 cm³/mol. The summed E-state index contributed by atoms with van der Waals surface area (Å²) >= 11 is 3.48. The number of likely N-dealkylation sites (tertiary alicyclic amines) is 2. The molecule has 0 radical (unpaired) electrons. The molecule has 0 saturated carbocycles. The summed E-state index contributed by atoms with van der Waals surface area (Å²) in [4.78, 5) is 30.8. The molecule has 3 amide bonds. The van der Waals surface area contributed by atoms with Gasteiger partial charge in [-0.25, -0.2) is 4.79 Å². The zero-order chi connectivity index (χ0) is 28.0. The first-order valence-corrected chi connectivity index (χ1v) is 14.8. The van der Waals surface area contributed by atoms with Crippen LogP contribution in [0.2, 0.25) is 0 Å². The number of piperidine rings is 1. The Hall–Kier alpha value is -3.36. The van der Waals surface area contributed by atoms with Crippen LogP contribution in [0.4, 0.5) is 10.5 Å². The molecule has 0 aromatic heterocycles. The number of anilines is 1. The quantitative estimate of drug-likeness (QED) is 0.304. The van der Waals surface area contributed by atoms with Crippen LogP contribution < -0.4 is 15.4 Å². The normalized spacial score (nSPS) is 17.6. The van der Waals surface area contributed by atoms with Crippen molar-refractivity contribution in [2.45, 2.75) is 38.3 Å². The minimum absolute atomic E-state index is 0.121. The van der Waals surface area contributed by atoms with E-state index in [-0.39, 0.29) is 17.5 Å². The number of nitrogens with one attached hydrogen (secondary N) is 2. The highest BCUT2D eigenvalue weighted by Crippen LogP contribution is 2.42. The van der Waals surface area contributed by atoms with Crippen LogP contribution in [0, 0.1) is 5.41 Å². The zero-order valence-electron chi connectivity index (χ0n) is 22.9. The van der Waals surface area contributed by atoms with Crippen LogP contribution >= 0.6 is 15.9 Å². The van der Waals surface area contributed by atoms with Crippen molar-refractivity contribution in [1.82, 2.24) is 15.1 Å². The van der Waals surface area contributed by atoms with Gasteiger partial charge in [0.05, 0.1) is 18.6 Å². The SMILES string of the molecule is COc1ccc(NC(=O)NC(CCN2CCC3(CC2)CCN(Cc2ccc(Br)cc2)C3=O)c2ccccc2)cc1. The van der Waals surface area contributed by atoms with E-state index in [9.17, 15) is 9.59 Å². The van der Waals surface area contributed by atoms with Gasteiger partial charge < -0.3 is 25.2 Å². The number of carbonyl (C=O) groups excluding carboxylic acids is 2. The van der Waals surface area contributed by atoms with E-state index in [1.54, 1.807) is 7.11 Å². The molecule has 40 heavy (non-hydrogen) atoms. The average molecular weight is 606 g/mol. The number of benzene rings is 3. The van der Waals surface area contributed by atoms with Crippen LogP contribution in [0.5, 0.6) is 5.75 Å². The summed E-state index contributed by atoms with van der Waals surface area (Å²) in [7, 11) is 1.62. The average Bonchev–Trinajstić information content (AvgIpc) is 3.28. The molecule has 0 bridgehead atoms. The molecule has 5 rings (SSSR count). The van der Waals surface area contributed by atoms with Gasteiger partial charge in [0.2, 0.25) is 5.91 Å². The number of hydrogen-bond donors (Lipinski definition) is 2. The second-order valence-corrected chi connectivity index (χ2v) is 11.7. The van der Waals surface area contributed by atoms with Gasteiger partial charge in [0.15, 0.2) is 0 Å². The Kier molecular flexibility index (Phi) is 9.07. The van der Waals surface area contributed by atoms with Crippen LogP contribution in [0.15, 0.2) is 83.3 Å². The van der Waals surface area contributed by atoms with Gasteiger partial charge in [-0.2, -0.15) is 0 Å². The molecule has 1 unspecified atom stereocenters. The van der Waals surface area contributed by atoms with Gasteiger partial charge in [-0.15, -0.1) is 0 Å². The minimum Gasteiger partial charge on any atom is -0.497 e. The van der Waals surface area contributed by atoms with Crippen LogP contribution in [-0.4, -0.2) is 55.0 Å². The van der Waals surface area contributed by atoms with Gasteiger partial charge in [-0.05, 0) is 86.3 Å². The molecule has 8 heteroatoms. The number of halogens is 1. The second-order valence-electron chi connectivity index (χ2n) is 10.8. The molecule has 210 valence electrons. The van der Waals surface area contributed by atoms with Gasteiger partial charge in [0.25, 0.3) is 0 Å². The molecule has 3 aromatic carbocycles. The Morgan fingerprint density at radius 2 is 1.62 bits per heavy atom. The van der Waals surface area contributed by atoms with E-state index in [2.05, 4.69) is 55.7 Å². The fraction of sp³-hybridized carbons (Fsp3) is 0.375. The topological polar surface area (TPSA) is 73.9 Å². The Balaban J connectivity index is 1.14. The highest BCUT2D eigenvalue weighted by molar-refractivity contribution is 9.10. The van der Waals surface area contributed by atoms with Crippen molar-refractivity contribution < 1.29 is 14.3 Å². The molecule has 1 spiro atoms. The molecule has 3 aromatic rings. The van der Waals surface area contributed by atoms with Gasteiger partial charge >= 0.3 is 6.03 Å². The lowest BCUT2D eigenvalue weighted by Gasteiger charge is -2.38. The number of ether oxygens (including phenoxy) is 1. The van der Waals surface area contributed by atoms with E-state index < -0.39 is 0 Å². The molecule has 2 N–H and O–H groups in total. The van der Waals surface area contributed by atoms with Gasteiger partial charge in [0, 0.05) is 29.8 Å². The second kappa shape index (κ2) is 12.9. The largest absolute Gasteiger partial charge is 0.497 e. The zero-order valence-corrected chi connectivity index (χ0v) is 24.5. The molecular weight excluding hydrogens is 568 g/mol. The van der Waals surface area contributed by atoms with E-state index in [1.807, 2.05) is 59.5 Å². The summed E-state index contributed by atoms with van der Waals surface area (Å²) in [6.45, 7) is 4.17. The van der Waals surface area contributed by atoms with Gasteiger partial charge in [-0.1, -0.05) is 58.4 Å². The summed E-state index contributed by atoms with van der Waals surface area (Å²) in [5, 5.41) is 6.10. The van der Waals surface area contributed by atoms with Crippen molar-refractivity contribution in [2.75, 3.05) is 38.6 Å². The maximum Gasteiger partial charge on any atom is 0.319 e. The number of carbonyl (C=O) groups is 2. The minimum atomic E-state index is -0.237. The van der Waals surface area contributed by atoms with E-state index in [4.69, 9.17) is 4.74 Å². The lowest BCUT2D eigenvalue weighted by molar-refractivity contribution is -0.138. The highest BCUT2D eigenvalue weighted by atomic mass is 79.9. The number of hydrogen-bond acceptors (Lipinski definition) is 4. The molecule has 2 heterocycles. The molecule has 2 aliphatic heterocycles. The fourth-order valence-corrected chi connectivity index (χ4v) is 6.11. The number of amides is 3. The molecule has 2 aliphatic rings. The molecule has 2 fully saturated rings.